The monoisotopic (exact) mass is 312 g/mol. The van der Waals surface area contributed by atoms with Crippen molar-refractivity contribution in [3.05, 3.63) is 6.92 Å². The zero-order chi connectivity index (χ0) is 17.3. The van der Waals surface area contributed by atoms with Crippen molar-refractivity contribution in [2.45, 2.75) is 64.7 Å². The summed E-state index contributed by atoms with van der Waals surface area (Å²) in [6.07, 6.45) is -0.142. The van der Waals surface area contributed by atoms with Gasteiger partial charge in [0, 0.05) is 32.7 Å². The molecule has 124 valence electrons. The van der Waals surface area contributed by atoms with Crippen molar-refractivity contribution in [3.63, 3.8) is 0 Å². The molecule has 1 rings (SSSR count). The Morgan fingerprint density at radius 3 is 2.18 bits per heavy atom. The van der Waals surface area contributed by atoms with Gasteiger partial charge in [0.1, 0.15) is 18.8 Å². The van der Waals surface area contributed by atoms with Gasteiger partial charge in [-0.3, -0.25) is 4.90 Å². The first-order chi connectivity index (χ1) is 9.83. The number of hydrogen-bond acceptors (Lipinski definition) is 5. The van der Waals surface area contributed by atoms with Gasteiger partial charge in [0.15, 0.2) is 5.54 Å². The average Bonchev–Trinajstić information content (AvgIpc) is 2.27. The Bertz CT molecular complexity index is 460. The van der Waals surface area contributed by atoms with Crippen molar-refractivity contribution in [1.29, 1.82) is 0 Å². The molecule has 0 N–H and O–H groups in total. The lowest BCUT2D eigenvalue weighted by atomic mass is 9.73. The quantitative estimate of drug-likeness (QED) is 0.452. The Balaban J connectivity index is 3.06. The number of hydrogen-bond donors (Lipinski definition) is 0. The molecule has 6 heteroatoms. The van der Waals surface area contributed by atoms with Crippen LogP contribution in [0, 0.1) is 12.8 Å². The minimum atomic E-state index is -1.29. The van der Waals surface area contributed by atoms with Gasteiger partial charge in [-0.1, -0.05) is 6.92 Å². The van der Waals surface area contributed by atoms with Crippen molar-refractivity contribution in [2.24, 2.45) is 5.92 Å². The van der Waals surface area contributed by atoms with Crippen molar-refractivity contribution < 1.29 is 23.9 Å². The molecule has 1 saturated heterocycles. The van der Waals surface area contributed by atoms with Crippen molar-refractivity contribution in [3.8, 4) is 0 Å². The van der Waals surface area contributed by atoms with Crippen LogP contribution in [0.5, 0.6) is 0 Å². The number of esters is 1. The van der Waals surface area contributed by atoms with E-state index >= 15 is 0 Å². The standard InChI is InChI=1S/C16H26NO5/c1-11-10-17(13(20)22-15(5,6)7)16(11,8-9-18)12(19)21-14(2,3)4/h9,11H,5,8,10H2,1-4,6-7H3/q+1. The van der Waals surface area contributed by atoms with E-state index in [1.807, 2.05) is 6.92 Å². The highest BCUT2D eigenvalue weighted by Gasteiger charge is 2.61. The number of carbonyl (C=O) groups is 3. The number of aldehydes is 1. The van der Waals surface area contributed by atoms with E-state index in [2.05, 4.69) is 6.92 Å². The normalized spacial score (nSPS) is 25.2. The molecule has 0 bridgehead atoms. The minimum Gasteiger partial charge on any atom is -0.458 e. The summed E-state index contributed by atoms with van der Waals surface area (Å²) in [5.74, 6) is -0.766. The summed E-state index contributed by atoms with van der Waals surface area (Å²) in [7, 11) is 0. The largest absolute Gasteiger partial charge is 0.458 e. The van der Waals surface area contributed by atoms with Crippen LogP contribution in [0.4, 0.5) is 4.79 Å². The first-order valence-corrected chi connectivity index (χ1v) is 7.36. The number of carbonyl (C=O) groups excluding carboxylic acids is 3. The maximum atomic E-state index is 12.6. The number of amides is 1. The predicted octanol–water partition coefficient (Wildman–Crippen LogP) is 2.36. The highest BCUT2D eigenvalue weighted by molar-refractivity contribution is 5.91. The second-order valence-corrected chi connectivity index (χ2v) is 7.44. The molecular weight excluding hydrogens is 286 g/mol. The van der Waals surface area contributed by atoms with Crippen LogP contribution < -0.4 is 0 Å². The van der Waals surface area contributed by atoms with Gasteiger partial charge in [0.2, 0.25) is 5.60 Å². The first kappa shape index (κ1) is 18.3. The third-order valence-electron chi connectivity index (χ3n) is 3.48. The maximum Gasteiger partial charge on any atom is 0.414 e. The van der Waals surface area contributed by atoms with Crippen LogP contribution in [-0.4, -0.2) is 46.5 Å². The SMILES string of the molecule is [CH2+]C(C)(C)OC(=O)N1CC(C)C1(CC=O)C(=O)OC(C)(C)C. The smallest absolute Gasteiger partial charge is 0.414 e. The van der Waals surface area contributed by atoms with Crippen LogP contribution >= 0.6 is 0 Å². The Morgan fingerprint density at radius 1 is 1.27 bits per heavy atom. The van der Waals surface area contributed by atoms with Gasteiger partial charge in [-0.15, -0.1) is 0 Å². The van der Waals surface area contributed by atoms with Gasteiger partial charge in [0.05, 0.1) is 0 Å². The van der Waals surface area contributed by atoms with Gasteiger partial charge in [0.25, 0.3) is 0 Å². The molecule has 22 heavy (non-hydrogen) atoms. The Kier molecular flexibility index (Phi) is 4.85. The fourth-order valence-electron chi connectivity index (χ4n) is 2.47. The van der Waals surface area contributed by atoms with Crippen LogP contribution in [-0.2, 0) is 19.1 Å². The van der Waals surface area contributed by atoms with Gasteiger partial charge in [-0.05, 0) is 20.8 Å². The zero-order valence-corrected chi connectivity index (χ0v) is 14.3. The molecule has 0 aromatic heterocycles. The molecule has 1 fully saturated rings. The summed E-state index contributed by atoms with van der Waals surface area (Å²) in [4.78, 5) is 37.2. The third kappa shape index (κ3) is 3.72. The lowest BCUT2D eigenvalue weighted by Crippen LogP contribution is -2.73. The van der Waals surface area contributed by atoms with Crippen LogP contribution in [0.15, 0.2) is 0 Å². The molecule has 0 saturated carbocycles. The summed E-state index contributed by atoms with van der Waals surface area (Å²) in [5, 5.41) is 0. The topological polar surface area (TPSA) is 72.9 Å². The molecule has 1 aliphatic heterocycles. The molecular formula is C16H26NO5+. The second kappa shape index (κ2) is 5.82. The van der Waals surface area contributed by atoms with Gasteiger partial charge in [-0.2, -0.15) is 0 Å². The summed E-state index contributed by atoms with van der Waals surface area (Å²) < 4.78 is 10.6. The van der Waals surface area contributed by atoms with Crippen LogP contribution in [0.2, 0.25) is 0 Å². The second-order valence-electron chi connectivity index (χ2n) is 7.44. The van der Waals surface area contributed by atoms with Crippen molar-refractivity contribution in [1.82, 2.24) is 4.90 Å². The fourth-order valence-corrected chi connectivity index (χ4v) is 2.47. The van der Waals surface area contributed by atoms with Gasteiger partial charge in [-0.25, -0.2) is 9.59 Å². The molecule has 2 unspecified atom stereocenters. The van der Waals surface area contributed by atoms with Gasteiger partial charge >= 0.3 is 12.1 Å². The Morgan fingerprint density at radius 2 is 1.82 bits per heavy atom. The maximum absolute atomic E-state index is 12.6. The first-order valence-electron chi connectivity index (χ1n) is 7.36. The van der Waals surface area contributed by atoms with E-state index in [0.29, 0.717) is 12.8 Å². The summed E-state index contributed by atoms with van der Waals surface area (Å²) in [6.45, 7) is 14.4. The van der Waals surface area contributed by atoms with E-state index in [0.717, 1.165) is 0 Å². The molecule has 0 aromatic rings. The molecule has 0 aliphatic carbocycles. The van der Waals surface area contributed by atoms with E-state index in [9.17, 15) is 14.4 Å². The highest BCUT2D eigenvalue weighted by atomic mass is 16.6. The molecule has 0 spiro atoms. The summed E-state index contributed by atoms with van der Waals surface area (Å²) in [6, 6.07) is 0. The Labute approximate surface area is 132 Å². The average molecular weight is 312 g/mol. The number of rotatable bonds is 4. The van der Waals surface area contributed by atoms with E-state index in [1.165, 1.54) is 4.90 Å². The number of nitrogens with zero attached hydrogens (tertiary/aromatic N) is 1. The third-order valence-corrected chi connectivity index (χ3v) is 3.48. The molecule has 2 atom stereocenters. The van der Waals surface area contributed by atoms with Gasteiger partial charge < -0.3 is 14.3 Å². The summed E-state index contributed by atoms with van der Waals surface area (Å²) >= 11 is 0. The molecule has 6 nitrogen and oxygen atoms in total. The minimum absolute atomic E-state index is 0.115. The Hall–Kier alpha value is -1.72. The molecule has 0 aromatic carbocycles. The lowest BCUT2D eigenvalue weighted by molar-refractivity contribution is -0.187. The lowest BCUT2D eigenvalue weighted by Gasteiger charge is -2.54. The molecule has 1 heterocycles. The highest BCUT2D eigenvalue weighted by Crippen LogP contribution is 2.41. The van der Waals surface area contributed by atoms with Crippen LogP contribution in [0.25, 0.3) is 0 Å². The zero-order valence-electron chi connectivity index (χ0n) is 14.3. The molecule has 0 radical (unpaired) electrons. The van der Waals surface area contributed by atoms with Crippen LogP contribution in [0.3, 0.4) is 0 Å². The van der Waals surface area contributed by atoms with E-state index in [4.69, 9.17) is 9.47 Å². The van der Waals surface area contributed by atoms with Crippen LogP contribution in [0.1, 0.15) is 48.0 Å². The molecule has 1 aliphatic rings. The summed E-state index contributed by atoms with van der Waals surface area (Å²) in [5.41, 5.74) is -2.92. The molecule has 1 amide bonds. The van der Waals surface area contributed by atoms with E-state index in [1.54, 1.807) is 34.6 Å². The predicted molar refractivity (Wildman–Crippen MR) is 81.0 cm³/mol. The van der Waals surface area contributed by atoms with E-state index in [-0.39, 0.29) is 12.3 Å². The van der Waals surface area contributed by atoms with Crippen molar-refractivity contribution in [2.75, 3.05) is 6.54 Å². The number of ether oxygens (including phenoxy) is 2. The van der Waals surface area contributed by atoms with Crippen molar-refractivity contribution >= 4 is 18.3 Å². The van der Waals surface area contributed by atoms with E-state index < -0.39 is 28.8 Å². The number of likely N-dealkylation sites (tertiary alicyclic amines) is 1. The fraction of sp³-hybridized carbons (Fsp3) is 0.750.